The van der Waals surface area contributed by atoms with Crippen molar-refractivity contribution in [1.29, 1.82) is 0 Å². The lowest BCUT2D eigenvalue weighted by atomic mass is 10.1. The molecule has 1 fully saturated rings. The van der Waals surface area contributed by atoms with Gasteiger partial charge in [-0.2, -0.15) is 0 Å². The predicted molar refractivity (Wildman–Crippen MR) is 86.3 cm³/mol. The number of piperidine rings is 1. The summed E-state index contributed by atoms with van der Waals surface area (Å²) in [6.07, 6.45) is 4.63. The Kier molecular flexibility index (Phi) is 4.32. The fourth-order valence-corrected chi connectivity index (χ4v) is 3.13. The first-order valence-corrected chi connectivity index (χ1v) is 7.88. The minimum atomic E-state index is -0.237. The molecule has 1 N–H and O–H groups in total. The summed E-state index contributed by atoms with van der Waals surface area (Å²) in [5.41, 5.74) is 1.09. The van der Waals surface area contributed by atoms with Gasteiger partial charge < -0.3 is 10.2 Å². The Bertz CT molecular complexity index is 839. The van der Waals surface area contributed by atoms with E-state index < -0.39 is 0 Å². The maximum atomic E-state index is 12.6. The molecular weight excluding hydrogens is 312 g/mol. The van der Waals surface area contributed by atoms with Crippen molar-refractivity contribution in [1.82, 2.24) is 29.3 Å². The zero-order valence-corrected chi connectivity index (χ0v) is 13.7. The Morgan fingerprint density at radius 1 is 1.42 bits per heavy atom. The van der Waals surface area contributed by atoms with Gasteiger partial charge in [0.1, 0.15) is 11.8 Å². The van der Waals surface area contributed by atoms with Crippen molar-refractivity contribution in [2.75, 3.05) is 19.6 Å². The van der Waals surface area contributed by atoms with Gasteiger partial charge in [-0.3, -0.25) is 18.7 Å². The molecule has 2 aromatic heterocycles. The van der Waals surface area contributed by atoms with Gasteiger partial charge in [0.15, 0.2) is 5.65 Å². The van der Waals surface area contributed by atoms with E-state index in [9.17, 15) is 14.4 Å². The molecule has 1 atom stereocenters. The quantitative estimate of drug-likeness (QED) is 0.811. The molecule has 24 heavy (non-hydrogen) atoms. The number of hydrogen-bond donors (Lipinski definition) is 1. The Balaban J connectivity index is 1.86. The average molecular weight is 332 g/mol. The normalized spacial score (nSPS) is 17.9. The molecule has 0 aliphatic carbocycles. The maximum absolute atomic E-state index is 12.6. The van der Waals surface area contributed by atoms with E-state index in [1.165, 1.54) is 17.8 Å². The summed E-state index contributed by atoms with van der Waals surface area (Å²) in [6.45, 7) is 2.42. The van der Waals surface area contributed by atoms with Gasteiger partial charge in [0.05, 0.1) is 18.8 Å². The summed E-state index contributed by atoms with van der Waals surface area (Å²) in [5, 5.41) is 2.52. The van der Waals surface area contributed by atoms with Crippen molar-refractivity contribution in [2.24, 2.45) is 7.05 Å². The number of carbonyl (C=O) groups is 2. The van der Waals surface area contributed by atoms with Crippen LogP contribution in [0.15, 0.2) is 17.3 Å². The zero-order valence-electron chi connectivity index (χ0n) is 13.7. The van der Waals surface area contributed by atoms with Crippen LogP contribution in [0.4, 0.5) is 0 Å². The van der Waals surface area contributed by atoms with E-state index in [0.717, 1.165) is 12.8 Å². The molecule has 0 spiro atoms. The van der Waals surface area contributed by atoms with Crippen LogP contribution in [0.5, 0.6) is 0 Å². The first kappa shape index (κ1) is 16.2. The monoisotopic (exact) mass is 332 g/mol. The van der Waals surface area contributed by atoms with E-state index in [1.807, 2.05) is 0 Å². The first-order chi connectivity index (χ1) is 11.5. The third-order valence-corrected chi connectivity index (χ3v) is 4.36. The topological polar surface area (TPSA) is 102 Å². The van der Waals surface area contributed by atoms with Gasteiger partial charge in [0, 0.05) is 27.1 Å². The van der Waals surface area contributed by atoms with Crippen LogP contribution >= 0.6 is 0 Å². The zero-order chi connectivity index (χ0) is 17.3. The highest BCUT2D eigenvalue weighted by molar-refractivity contribution is 5.83. The molecule has 0 bridgehead atoms. The van der Waals surface area contributed by atoms with Gasteiger partial charge in [0.25, 0.3) is 0 Å². The average Bonchev–Trinajstić information content (AvgIpc) is 2.84. The number of aromatic nitrogens is 4. The molecule has 1 aliphatic heterocycles. The fourth-order valence-electron chi connectivity index (χ4n) is 3.13. The third-order valence-electron chi connectivity index (χ3n) is 4.36. The molecule has 2 aromatic rings. The van der Waals surface area contributed by atoms with Gasteiger partial charge >= 0.3 is 5.69 Å². The van der Waals surface area contributed by atoms with Crippen LogP contribution in [0, 0.1) is 0 Å². The Labute approximate surface area is 138 Å². The number of imidazole rings is 1. The molecule has 0 aromatic carbocycles. The van der Waals surface area contributed by atoms with E-state index in [4.69, 9.17) is 0 Å². The number of amides is 2. The minimum absolute atomic E-state index is 0.0192. The summed E-state index contributed by atoms with van der Waals surface area (Å²) < 4.78 is 3.17. The summed E-state index contributed by atoms with van der Waals surface area (Å²) in [4.78, 5) is 45.7. The van der Waals surface area contributed by atoms with E-state index in [-0.39, 0.29) is 30.1 Å². The van der Waals surface area contributed by atoms with Crippen molar-refractivity contribution >= 4 is 23.0 Å². The Morgan fingerprint density at radius 2 is 2.21 bits per heavy atom. The van der Waals surface area contributed by atoms with Gasteiger partial charge in [-0.15, -0.1) is 0 Å². The second-order valence-electron chi connectivity index (χ2n) is 5.99. The molecule has 9 heteroatoms. The van der Waals surface area contributed by atoms with Crippen LogP contribution in [0.2, 0.25) is 0 Å². The molecule has 2 amide bonds. The Hall–Kier alpha value is -2.71. The number of aryl methyl sites for hydroxylation is 1. The highest BCUT2D eigenvalue weighted by atomic mass is 16.2. The minimum Gasteiger partial charge on any atom is -0.347 e. The second-order valence-corrected chi connectivity index (χ2v) is 5.99. The van der Waals surface area contributed by atoms with Crippen LogP contribution in [0.1, 0.15) is 25.8 Å². The van der Waals surface area contributed by atoms with E-state index in [2.05, 4.69) is 15.3 Å². The molecule has 9 nitrogen and oxygen atoms in total. The van der Waals surface area contributed by atoms with Gasteiger partial charge in [-0.05, 0) is 12.8 Å². The van der Waals surface area contributed by atoms with E-state index in [1.54, 1.807) is 22.7 Å². The van der Waals surface area contributed by atoms with Crippen LogP contribution in [-0.4, -0.2) is 55.5 Å². The molecule has 1 unspecified atom stereocenters. The molecule has 3 rings (SSSR count). The van der Waals surface area contributed by atoms with E-state index in [0.29, 0.717) is 24.3 Å². The van der Waals surface area contributed by atoms with Crippen LogP contribution in [-0.2, 0) is 16.6 Å². The molecular formula is C15H20N6O3. The highest BCUT2D eigenvalue weighted by Gasteiger charge is 2.28. The van der Waals surface area contributed by atoms with Gasteiger partial charge in [-0.1, -0.05) is 0 Å². The third kappa shape index (κ3) is 2.89. The van der Waals surface area contributed by atoms with Crippen molar-refractivity contribution in [3.05, 3.63) is 23.0 Å². The number of fused-ring (bicyclic) bond motifs is 1. The van der Waals surface area contributed by atoms with Crippen molar-refractivity contribution in [2.45, 2.75) is 25.8 Å². The lowest BCUT2D eigenvalue weighted by Gasteiger charge is -2.33. The van der Waals surface area contributed by atoms with Gasteiger partial charge in [0.2, 0.25) is 11.8 Å². The fraction of sp³-hybridized carbons (Fsp3) is 0.533. The number of nitrogens with zero attached hydrogens (tertiary/aromatic N) is 5. The highest BCUT2D eigenvalue weighted by Crippen LogP contribution is 2.23. The summed E-state index contributed by atoms with van der Waals surface area (Å²) in [7, 11) is 1.69. The van der Waals surface area contributed by atoms with Crippen molar-refractivity contribution < 1.29 is 9.59 Å². The van der Waals surface area contributed by atoms with Crippen molar-refractivity contribution in [3.8, 4) is 0 Å². The van der Waals surface area contributed by atoms with Crippen LogP contribution in [0.3, 0.4) is 0 Å². The molecule has 1 aliphatic rings. The molecule has 3 heterocycles. The molecule has 0 saturated carbocycles. The SMILES string of the molecule is CC(=O)NCC(=O)N1CCCC(n2c(=O)n(C)c3cncnc32)C1. The lowest BCUT2D eigenvalue weighted by Crippen LogP contribution is -2.46. The van der Waals surface area contributed by atoms with Crippen molar-refractivity contribution in [3.63, 3.8) is 0 Å². The molecule has 1 saturated heterocycles. The number of carbonyl (C=O) groups excluding carboxylic acids is 2. The second kappa shape index (κ2) is 6.42. The van der Waals surface area contributed by atoms with Crippen LogP contribution in [0.25, 0.3) is 11.2 Å². The summed E-state index contributed by atoms with van der Waals surface area (Å²) in [5.74, 6) is -0.378. The number of rotatable bonds is 3. The van der Waals surface area contributed by atoms with E-state index >= 15 is 0 Å². The molecule has 128 valence electrons. The van der Waals surface area contributed by atoms with Gasteiger partial charge in [-0.25, -0.2) is 14.8 Å². The number of hydrogen-bond acceptors (Lipinski definition) is 5. The maximum Gasteiger partial charge on any atom is 0.330 e. The summed E-state index contributed by atoms with van der Waals surface area (Å²) in [6, 6.07) is -0.133. The predicted octanol–water partition coefficient (Wildman–Crippen LogP) is -0.570. The van der Waals surface area contributed by atoms with Crippen LogP contribution < -0.4 is 11.0 Å². The standard InChI is InChI=1S/C15H20N6O3/c1-10(22)17-7-13(23)20-5-3-4-11(8-20)21-14-12(6-16-9-18-14)19(2)15(21)24/h6,9,11H,3-5,7-8H2,1-2H3,(H,17,22). The number of likely N-dealkylation sites (tertiary alicyclic amines) is 1. The molecule has 0 radical (unpaired) electrons. The first-order valence-electron chi connectivity index (χ1n) is 7.88. The summed E-state index contributed by atoms with van der Waals surface area (Å²) >= 11 is 0. The smallest absolute Gasteiger partial charge is 0.330 e. The lowest BCUT2D eigenvalue weighted by molar-refractivity contribution is -0.133. The Morgan fingerprint density at radius 3 is 2.96 bits per heavy atom. The number of nitrogens with one attached hydrogen (secondary N) is 1. The largest absolute Gasteiger partial charge is 0.347 e.